The van der Waals surface area contributed by atoms with Gasteiger partial charge in [0, 0.05) is 20.1 Å². The second-order valence-electron chi connectivity index (χ2n) is 7.67. The zero-order chi connectivity index (χ0) is 22.6. The molecule has 0 spiro atoms. The van der Waals surface area contributed by atoms with Crippen LogP contribution in [-0.4, -0.2) is 69.7 Å². The van der Waals surface area contributed by atoms with E-state index >= 15 is 0 Å². The van der Waals surface area contributed by atoms with Crippen LogP contribution in [0.25, 0.3) is 15.9 Å². The normalized spacial score (nSPS) is 14.0. The van der Waals surface area contributed by atoms with Crippen LogP contribution in [0, 0.1) is 0 Å². The maximum Gasteiger partial charge on any atom is 0.233 e. The molecule has 5 rings (SSSR count). The van der Waals surface area contributed by atoms with E-state index in [-0.39, 0.29) is 11.7 Å². The van der Waals surface area contributed by atoms with Gasteiger partial charge in [-0.15, -0.1) is 21.5 Å². The van der Waals surface area contributed by atoms with E-state index in [4.69, 9.17) is 4.74 Å². The van der Waals surface area contributed by atoms with Crippen molar-refractivity contribution in [1.82, 2.24) is 24.6 Å². The molecule has 1 fully saturated rings. The van der Waals surface area contributed by atoms with Gasteiger partial charge in [0.1, 0.15) is 5.01 Å². The number of benzene rings is 2. The average Bonchev–Trinajstić information content (AvgIpc) is 3.47. The van der Waals surface area contributed by atoms with Crippen LogP contribution in [0.2, 0.25) is 0 Å². The molecule has 8 nitrogen and oxygen atoms in total. The van der Waals surface area contributed by atoms with E-state index in [1.54, 1.807) is 16.2 Å². The minimum Gasteiger partial charge on any atom is -0.378 e. The van der Waals surface area contributed by atoms with Gasteiger partial charge < -0.3 is 14.5 Å². The Kier molecular flexibility index (Phi) is 6.56. The van der Waals surface area contributed by atoms with Crippen LogP contribution >= 0.6 is 23.1 Å². The Morgan fingerprint density at radius 1 is 1.09 bits per heavy atom. The fourth-order valence-electron chi connectivity index (χ4n) is 3.64. The summed E-state index contributed by atoms with van der Waals surface area (Å²) in [6.45, 7) is 3.35. The molecule has 1 amide bonds. The van der Waals surface area contributed by atoms with Gasteiger partial charge in [0.05, 0.1) is 41.4 Å². The molecular weight excluding hydrogens is 456 g/mol. The van der Waals surface area contributed by atoms with Gasteiger partial charge in [0.15, 0.2) is 5.16 Å². The molecule has 0 N–H and O–H groups in total. The number of thioether (sulfide) groups is 1. The molecule has 0 aliphatic carbocycles. The van der Waals surface area contributed by atoms with Gasteiger partial charge in [-0.1, -0.05) is 42.1 Å². The number of aromatic nitrogens is 4. The fraction of sp³-hybridized carbons (Fsp3) is 0.304. The van der Waals surface area contributed by atoms with Gasteiger partial charge in [-0.05, 0) is 24.3 Å². The monoisotopic (exact) mass is 480 g/mol. The molecule has 0 atom stereocenters. The average molecular weight is 481 g/mol. The number of carbonyl (C=O) groups is 1. The number of morpholine rings is 1. The Hall–Kier alpha value is -2.95. The molecule has 1 aliphatic heterocycles. The van der Waals surface area contributed by atoms with Crippen molar-refractivity contribution in [1.29, 1.82) is 0 Å². The van der Waals surface area contributed by atoms with Crippen LogP contribution in [0.5, 0.6) is 0 Å². The molecule has 0 radical (unpaired) electrons. The third-order valence-corrected chi connectivity index (χ3v) is 7.32. The summed E-state index contributed by atoms with van der Waals surface area (Å²) in [6, 6.07) is 18.0. The quantitative estimate of drug-likeness (QED) is 0.375. The summed E-state index contributed by atoms with van der Waals surface area (Å²) in [5.41, 5.74) is 1.95. The summed E-state index contributed by atoms with van der Waals surface area (Å²) in [6.07, 6.45) is 0. The Morgan fingerprint density at radius 2 is 1.85 bits per heavy atom. The molecule has 1 aliphatic rings. The highest BCUT2D eigenvalue weighted by atomic mass is 32.2. The molecule has 0 unspecified atom stereocenters. The van der Waals surface area contributed by atoms with E-state index in [0.717, 1.165) is 39.9 Å². The highest BCUT2D eigenvalue weighted by Gasteiger charge is 2.23. The number of carbonyl (C=O) groups excluding carboxylic acids is 1. The summed E-state index contributed by atoms with van der Waals surface area (Å²) in [7, 11) is 1.82. The number of hydrogen-bond acceptors (Lipinski definition) is 8. The summed E-state index contributed by atoms with van der Waals surface area (Å²) < 4.78 is 8.65. The zero-order valence-electron chi connectivity index (χ0n) is 18.3. The predicted molar refractivity (Wildman–Crippen MR) is 131 cm³/mol. The van der Waals surface area contributed by atoms with E-state index < -0.39 is 0 Å². The second-order valence-corrected chi connectivity index (χ2v) is 9.72. The van der Waals surface area contributed by atoms with E-state index in [0.29, 0.717) is 24.9 Å². The summed E-state index contributed by atoms with van der Waals surface area (Å²) in [5.74, 6) is 1.08. The minimum absolute atomic E-state index is 0.0230. The standard InChI is InChI=1S/C23H24N6O2S2/c1-27(15-20-24-18-9-5-6-10-19(18)33-20)21(30)16-32-23-26-25-22(28-11-13-31-14-12-28)29(23)17-7-3-2-4-8-17/h2-10H,11-16H2,1H3. The maximum atomic E-state index is 12.9. The van der Waals surface area contributed by atoms with Gasteiger partial charge in [0.2, 0.25) is 11.9 Å². The second kappa shape index (κ2) is 9.90. The van der Waals surface area contributed by atoms with Gasteiger partial charge in [-0.3, -0.25) is 9.36 Å². The molecule has 170 valence electrons. The molecule has 4 aromatic rings. The minimum atomic E-state index is 0.0230. The fourth-order valence-corrected chi connectivity index (χ4v) is 5.55. The lowest BCUT2D eigenvalue weighted by molar-refractivity contribution is -0.127. The van der Waals surface area contributed by atoms with Gasteiger partial charge in [-0.2, -0.15) is 0 Å². The van der Waals surface area contributed by atoms with Crippen molar-refractivity contribution < 1.29 is 9.53 Å². The summed E-state index contributed by atoms with van der Waals surface area (Å²) in [4.78, 5) is 21.4. The highest BCUT2D eigenvalue weighted by Crippen LogP contribution is 2.28. The van der Waals surface area contributed by atoms with E-state index in [2.05, 4.69) is 26.1 Å². The molecule has 0 saturated carbocycles. The van der Waals surface area contributed by atoms with Crippen LogP contribution in [0.1, 0.15) is 5.01 Å². The van der Waals surface area contributed by atoms with Crippen LogP contribution in [0.4, 0.5) is 5.95 Å². The zero-order valence-corrected chi connectivity index (χ0v) is 19.9. The van der Waals surface area contributed by atoms with Crippen LogP contribution in [0.15, 0.2) is 59.8 Å². The van der Waals surface area contributed by atoms with Gasteiger partial charge >= 0.3 is 0 Å². The van der Waals surface area contributed by atoms with Crippen LogP contribution < -0.4 is 4.90 Å². The lowest BCUT2D eigenvalue weighted by atomic mass is 10.3. The summed E-state index contributed by atoms with van der Waals surface area (Å²) in [5, 5.41) is 10.5. The number of hydrogen-bond donors (Lipinski definition) is 0. The first kappa shape index (κ1) is 21.9. The Balaban J connectivity index is 1.30. The van der Waals surface area contributed by atoms with Crippen molar-refractivity contribution >= 4 is 45.2 Å². The molecule has 1 saturated heterocycles. The Morgan fingerprint density at radius 3 is 2.64 bits per heavy atom. The maximum absolute atomic E-state index is 12.9. The molecule has 2 aromatic heterocycles. The van der Waals surface area contributed by atoms with Gasteiger partial charge in [0.25, 0.3) is 0 Å². The number of nitrogens with zero attached hydrogens (tertiary/aromatic N) is 6. The molecule has 3 heterocycles. The number of fused-ring (bicyclic) bond motifs is 1. The SMILES string of the molecule is CN(Cc1nc2ccccc2s1)C(=O)CSc1nnc(N2CCOCC2)n1-c1ccccc1. The highest BCUT2D eigenvalue weighted by molar-refractivity contribution is 7.99. The Bertz CT molecular complexity index is 1200. The van der Waals surface area contributed by atoms with E-state index in [1.165, 1.54) is 11.8 Å². The van der Waals surface area contributed by atoms with Crippen molar-refractivity contribution in [3.63, 3.8) is 0 Å². The molecule has 33 heavy (non-hydrogen) atoms. The third-order valence-electron chi connectivity index (χ3n) is 5.39. The topological polar surface area (TPSA) is 76.4 Å². The lowest BCUT2D eigenvalue weighted by Gasteiger charge is -2.27. The van der Waals surface area contributed by atoms with Crippen molar-refractivity contribution in [2.45, 2.75) is 11.7 Å². The van der Waals surface area contributed by atoms with Crippen LogP contribution in [0.3, 0.4) is 0 Å². The number of para-hydroxylation sites is 2. The van der Waals surface area contributed by atoms with Crippen molar-refractivity contribution in [3.8, 4) is 5.69 Å². The Labute approximate surface area is 200 Å². The number of ether oxygens (including phenoxy) is 1. The predicted octanol–water partition coefficient (Wildman–Crippen LogP) is 3.46. The summed E-state index contributed by atoms with van der Waals surface area (Å²) >= 11 is 3.02. The molecule has 2 aromatic carbocycles. The lowest BCUT2D eigenvalue weighted by Crippen LogP contribution is -2.37. The number of anilines is 1. The van der Waals surface area contributed by atoms with Crippen molar-refractivity contribution in [2.24, 2.45) is 0 Å². The van der Waals surface area contributed by atoms with Crippen molar-refractivity contribution in [2.75, 3.05) is 44.0 Å². The first-order valence-electron chi connectivity index (χ1n) is 10.7. The number of amides is 1. The molecule has 0 bridgehead atoms. The first-order chi connectivity index (χ1) is 16.2. The number of rotatable bonds is 7. The third kappa shape index (κ3) is 4.87. The smallest absolute Gasteiger partial charge is 0.233 e. The largest absolute Gasteiger partial charge is 0.378 e. The first-order valence-corrected chi connectivity index (χ1v) is 12.5. The number of thiazole rings is 1. The van der Waals surface area contributed by atoms with Crippen molar-refractivity contribution in [3.05, 3.63) is 59.6 Å². The molecule has 10 heteroatoms. The van der Waals surface area contributed by atoms with Crippen LogP contribution in [-0.2, 0) is 16.1 Å². The van der Waals surface area contributed by atoms with Gasteiger partial charge in [-0.25, -0.2) is 4.98 Å². The van der Waals surface area contributed by atoms with E-state index in [9.17, 15) is 4.79 Å². The molecular formula is C23H24N6O2S2. The van der Waals surface area contributed by atoms with E-state index in [1.807, 2.05) is 60.1 Å².